The van der Waals surface area contributed by atoms with Crippen LogP contribution in [0.3, 0.4) is 0 Å². The van der Waals surface area contributed by atoms with Crippen LogP contribution in [0.25, 0.3) is 11.1 Å². The normalized spacial score (nSPS) is 21.5. The largest absolute Gasteiger partial charge is 0.488 e. The Hall–Kier alpha value is -1.30. The van der Waals surface area contributed by atoms with Gasteiger partial charge in [-0.05, 0) is 42.8 Å². The number of hydrogen-bond donors (Lipinski definition) is 1. The Morgan fingerprint density at radius 2 is 1.92 bits per heavy atom. The molecule has 0 radical (unpaired) electrons. The van der Waals surface area contributed by atoms with Crippen LogP contribution < -0.4 is 10.1 Å². The highest BCUT2D eigenvalue weighted by atomic mass is 35.5. The average molecular weight is 396 g/mol. The molecule has 4 rings (SSSR count). The highest BCUT2D eigenvalue weighted by molar-refractivity contribution is 8.00. The summed E-state index contributed by atoms with van der Waals surface area (Å²) in [6, 6.07) is 6.03. The molecular weight excluding hydrogens is 376 g/mol. The first-order valence-corrected chi connectivity index (χ1v) is 10.1. The summed E-state index contributed by atoms with van der Waals surface area (Å²) in [5.41, 5.74) is 1.54. The summed E-state index contributed by atoms with van der Waals surface area (Å²) in [5.74, 6) is -0.204. The van der Waals surface area contributed by atoms with E-state index >= 15 is 0 Å². The fourth-order valence-corrected chi connectivity index (χ4v) is 4.93. The quantitative estimate of drug-likeness (QED) is 0.681. The molecule has 0 amide bonds. The van der Waals surface area contributed by atoms with Crippen LogP contribution in [0.4, 0.5) is 8.78 Å². The van der Waals surface area contributed by atoms with Crippen LogP contribution >= 0.6 is 23.4 Å². The lowest BCUT2D eigenvalue weighted by atomic mass is 9.89. The summed E-state index contributed by atoms with van der Waals surface area (Å²) < 4.78 is 35.2. The Balaban J connectivity index is 1.88. The van der Waals surface area contributed by atoms with Gasteiger partial charge in [-0.3, -0.25) is 0 Å². The molecule has 2 aromatic rings. The molecule has 0 saturated carbocycles. The predicted molar refractivity (Wildman–Crippen MR) is 102 cm³/mol. The molecule has 0 spiro atoms. The minimum absolute atomic E-state index is 0.0324. The van der Waals surface area contributed by atoms with Gasteiger partial charge in [-0.2, -0.15) is 0 Å². The molecule has 2 aliphatic rings. The summed E-state index contributed by atoms with van der Waals surface area (Å²) in [5, 5.41) is 3.78. The molecule has 1 fully saturated rings. The van der Waals surface area contributed by atoms with Crippen LogP contribution in [0.5, 0.6) is 5.75 Å². The van der Waals surface area contributed by atoms with Crippen molar-refractivity contribution in [2.75, 3.05) is 13.1 Å². The summed E-state index contributed by atoms with van der Waals surface area (Å²) in [6.07, 6.45) is 1.07. The SMILES string of the molecule is CC(C)Sc1cc(-c2c(F)cc(Cl)cc2F)cc2c1O[C@H]1CCNC[C@@H]21. The van der Waals surface area contributed by atoms with E-state index in [4.69, 9.17) is 16.3 Å². The number of ether oxygens (including phenoxy) is 1. The first-order chi connectivity index (χ1) is 12.4. The molecule has 0 unspecified atom stereocenters. The van der Waals surface area contributed by atoms with Gasteiger partial charge in [0.15, 0.2) is 0 Å². The van der Waals surface area contributed by atoms with Crippen molar-refractivity contribution in [3.05, 3.63) is 46.5 Å². The van der Waals surface area contributed by atoms with E-state index in [1.165, 1.54) is 0 Å². The number of thioether (sulfide) groups is 1. The van der Waals surface area contributed by atoms with Crippen LogP contribution in [-0.2, 0) is 0 Å². The topological polar surface area (TPSA) is 21.3 Å². The summed E-state index contributed by atoms with van der Waals surface area (Å²) in [6.45, 7) is 5.93. The molecule has 2 heterocycles. The van der Waals surface area contributed by atoms with Crippen LogP contribution in [-0.4, -0.2) is 24.4 Å². The maximum atomic E-state index is 14.5. The number of hydrogen-bond acceptors (Lipinski definition) is 3. The van der Waals surface area contributed by atoms with E-state index in [-0.39, 0.29) is 22.6 Å². The number of piperidine rings is 1. The third kappa shape index (κ3) is 3.21. The van der Waals surface area contributed by atoms with Crippen molar-refractivity contribution in [3.8, 4) is 16.9 Å². The number of nitrogens with one attached hydrogen (secondary N) is 1. The van der Waals surface area contributed by atoms with Crippen LogP contribution in [0, 0.1) is 11.6 Å². The molecule has 138 valence electrons. The van der Waals surface area contributed by atoms with Crippen molar-refractivity contribution in [2.24, 2.45) is 0 Å². The molecule has 2 aliphatic heterocycles. The second kappa shape index (κ2) is 7.02. The standard InChI is InChI=1S/C20H20ClF2NOS/c1-10(2)26-18-6-11(19-15(22)7-12(21)8-16(19)23)5-13-14-9-24-4-3-17(14)25-20(13)18/h5-8,10,14,17,24H,3-4,9H2,1-2H3/t14-,17-/m0/s1. The fraction of sp³-hybridized carbons (Fsp3) is 0.400. The lowest BCUT2D eigenvalue weighted by Gasteiger charge is -2.24. The van der Waals surface area contributed by atoms with Gasteiger partial charge in [0.2, 0.25) is 0 Å². The zero-order chi connectivity index (χ0) is 18.4. The van der Waals surface area contributed by atoms with E-state index in [2.05, 4.69) is 19.2 Å². The minimum Gasteiger partial charge on any atom is -0.488 e. The fourth-order valence-electron chi connectivity index (χ4n) is 3.77. The second-order valence-corrected chi connectivity index (χ2v) is 9.11. The van der Waals surface area contributed by atoms with Crippen molar-refractivity contribution >= 4 is 23.4 Å². The smallest absolute Gasteiger partial charge is 0.137 e. The molecule has 2 atom stereocenters. The molecule has 2 nitrogen and oxygen atoms in total. The highest BCUT2D eigenvalue weighted by Crippen LogP contribution is 2.49. The Morgan fingerprint density at radius 3 is 2.62 bits per heavy atom. The van der Waals surface area contributed by atoms with Crippen molar-refractivity contribution < 1.29 is 13.5 Å². The van der Waals surface area contributed by atoms with Crippen molar-refractivity contribution in [3.63, 3.8) is 0 Å². The molecule has 2 aromatic carbocycles. The number of halogens is 3. The van der Waals surface area contributed by atoms with Gasteiger partial charge in [0.05, 0.1) is 10.5 Å². The van der Waals surface area contributed by atoms with Crippen molar-refractivity contribution in [1.29, 1.82) is 0 Å². The molecule has 26 heavy (non-hydrogen) atoms. The third-order valence-corrected chi connectivity index (χ3v) is 6.08. The maximum absolute atomic E-state index is 14.5. The van der Waals surface area contributed by atoms with E-state index in [1.54, 1.807) is 11.8 Å². The first kappa shape index (κ1) is 18.1. The van der Waals surface area contributed by atoms with Gasteiger partial charge in [-0.1, -0.05) is 25.4 Å². The Labute approximate surface area is 161 Å². The van der Waals surface area contributed by atoms with Gasteiger partial charge < -0.3 is 10.1 Å². The number of rotatable bonds is 3. The summed E-state index contributed by atoms with van der Waals surface area (Å²) in [7, 11) is 0. The Morgan fingerprint density at radius 1 is 1.19 bits per heavy atom. The Kier molecular flexibility index (Phi) is 4.88. The highest BCUT2D eigenvalue weighted by Gasteiger charge is 2.38. The van der Waals surface area contributed by atoms with Crippen molar-refractivity contribution in [1.82, 2.24) is 5.32 Å². The molecular formula is C20H20ClF2NOS. The second-order valence-electron chi connectivity index (χ2n) is 7.06. The van der Waals surface area contributed by atoms with Gasteiger partial charge in [0.25, 0.3) is 0 Å². The van der Waals surface area contributed by atoms with E-state index < -0.39 is 11.6 Å². The van der Waals surface area contributed by atoms with E-state index in [0.29, 0.717) is 10.8 Å². The number of fused-ring (bicyclic) bond motifs is 3. The van der Waals surface area contributed by atoms with Gasteiger partial charge >= 0.3 is 0 Å². The molecule has 0 bridgehead atoms. The number of benzene rings is 2. The summed E-state index contributed by atoms with van der Waals surface area (Å²) in [4.78, 5) is 0.940. The predicted octanol–water partition coefficient (Wildman–Crippen LogP) is 5.62. The van der Waals surface area contributed by atoms with E-state index in [1.807, 2.05) is 12.1 Å². The van der Waals surface area contributed by atoms with Crippen LogP contribution in [0.2, 0.25) is 5.02 Å². The lowest BCUT2D eigenvalue weighted by Crippen LogP contribution is -2.37. The monoisotopic (exact) mass is 395 g/mol. The van der Waals surface area contributed by atoms with Crippen LogP contribution in [0.15, 0.2) is 29.2 Å². The average Bonchev–Trinajstić information content (AvgIpc) is 2.93. The molecule has 1 saturated heterocycles. The molecule has 0 aliphatic carbocycles. The van der Waals surface area contributed by atoms with E-state index in [9.17, 15) is 8.78 Å². The van der Waals surface area contributed by atoms with Gasteiger partial charge in [0, 0.05) is 28.3 Å². The third-order valence-electron chi connectivity index (χ3n) is 4.83. The maximum Gasteiger partial charge on any atom is 0.137 e. The van der Waals surface area contributed by atoms with E-state index in [0.717, 1.165) is 47.9 Å². The van der Waals surface area contributed by atoms with Gasteiger partial charge in [-0.25, -0.2) is 8.78 Å². The molecule has 1 N–H and O–H groups in total. The first-order valence-electron chi connectivity index (χ1n) is 8.81. The van der Waals surface area contributed by atoms with Gasteiger partial charge in [-0.15, -0.1) is 11.8 Å². The molecule has 6 heteroatoms. The zero-order valence-corrected chi connectivity index (χ0v) is 16.2. The van der Waals surface area contributed by atoms with Gasteiger partial charge in [0.1, 0.15) is 23.5 Å². The Bertz CT molecular complexity index is 835. The minimum atomic E-state index is -0.646. The summed E-state index contributed by atoms with van der Waals surface area (Å²) >= 11 is 7.44. The zero-order valence-electron chi connectivity index (χ0n) is 14.6. The lowest BCUT2D eigenvalue weighted by molar-refractivity contribution is 0.169. The van der Waals surface area contributed by atoms with Crippen LogP contribution in [0.1, 0.15) is 31.7 Å². The van der Waals surface area contributed by atoms with Crippen molar-refractivity contribution in [2.45, 2.75) is 42.4 Å². The molecule has 0 aromatic heterocycles.